The molecular formula is C11H13N7. The predicted octanol–water partition coefficient (Wildman–Crippen LogP) is 1.44. The summed E-state index contributed by atoms with van der Waals surface area (Å²) in [6.45, 7) is 1.98. The van der Waals surface area contributed by atoms with E-state index in [0.717, 1.165) is 22.4 Å². The molecule has 7 heteroatoms. The van der Waals surface area contributed by atoms with Gasteiger partial charge in [0.15, 0.2) is 0 Å². The number of nitrogens with one attached hydrogen (secondary N) is 3. The van der Waals surface area contributed by atoms with E-state index in [4.69, 9.17) is 5.73 Å². The van der Waals surface area contributed by atoms with E-state index >= 15 is 0 Å². The highest BCUT2D eigenvalue weighted by atomic mass is 15.2. The highest BCUT2D eigenvalue weighted by Gasteiger charge is 2.10. The molecule has 1 aromatic carbocycles. The predicted molar refractivity (Wildman–Crippen MR) is 68.9 cm³/mol. The van der Waals surface area contributed by atoms with Crippen molar-refractivity contribution in [2.24, 2.45) is 0 Å². The number of H-pyrrole nitrogens is 2. The second-order valence-electron chi connectivity index (χ2n) is 4.13. The summed E-state index contributed by atoms with van der Waals surface area (Å²) in [5.41, 5.74) is 8.46. The molecule has 5 N–H and O–H groups in total. The van der Waals surface area contributed by atoms with Gasteiger partial charge in [-0.15, -0.1) is 0 Å². The summed E-state index contributed by atoms with van der Waals surface area (Å²) in [7, 11) is 0. The van der Waals surface area contributed by atoms with Crippen LogP contribution in [-0.2, 0) is 0 Å². The van der Waals surface area contributed by atoms with E-state index in [1.54, 1.807) is 6.20 Å². The molecule has 0 bridgehead atoms. The minimum Gasteiger partial charge on any atom is -0.397 e. The zero-order valence-electron chi connectivity index (χ0n) is 9.81. The van der Waals surface area contributed by atoms with Gasteiger partial charge in [0, 0.05) is 5.39 Å². The van der Waals surface area contributed by atoms with Crippen LogP contribution in [0.4, 0.5) is 11.4 Å². The maximum Gasteiger partial charge on any atom is 0.146 e. The van der Waals surface area contributed by atoms with Crippen molar-refractivity contribution in [1.82, 2.24) is 25.4 Å². The number of aromatic amines is 2. The Kier molecular flexibility index (Phi) is 2.36. The van der Waals surface area contributed by atoms with E-state index in [9.17, 15) is 0 Å². The monoisotopic (exact) mass is 243 g/mol. The molecule has 3 aromatic rings. The summed E-state index contributed by atoms with van der Waals surface area (Å²) in [5, 5.41) is 17.8. The average molecular weight is 243 g/mol. The fourth-order valence-electron chi connectivity index (χ4n) is 1.86. The lowest BCUT2D eigenvalue weighted by Gasteiger charge is -2.14. The number of aromatic nitrogens is 5. The fourth-order valence-corrected chi connectivity index (χ4v) is 1.86. The van der Waals surface area contributed by atoms with E-state index in [-0.39, 0.29) is 6.04 Å². The zero-order valence-corrected chi connectivity index (χ0v) is 9.81. The maximum atomic E-state index is 6.00. The maximum absolute atomic E-state index is 6.00. The van der Waals surface area contributed by atoms with Gasteiger partial charge < -0.3 is 11.1 Å². The van der Waals surface area contributed by atoms with Gasteiger partial charge in [0.05, 0.1) is 29.1 Å². The number of rotatable bonds is 3. The quantitative estimate of drug-likeness (QED) is 0.520. The van der Waals surface area contributed by atoms with Gasteiger partial charge in [0.2, 0.25) is 0 Å². The van der Waals surface area contributed by atoms with Crippen molar-refractivity contribution in [2.75, 3.05) is 11.1 Å². The van der Waals surface area contributed by atoms with Crippen LogP contribution >= 0.6 is 0 Å². The first kappa shape index (κ1) is 10.6. The number of fused-ring (bicyclic) bond motifs is 1. The molecule has 3 rings (SSSR count). The Hall–Kier alpha value is -2.57. The second-order valence-corrected chi connectivity index (χ2v) is 4.13. The number of nitrogen functional groups attached to an aromatic ring is 1. The molecule has 0 radical (unpaired) electrons. The molecule has 0 amide bonds. The molecule has 2 heterocycles. The summed E-state index contributed by atoms with van der Waals surface area (Å²) in [4.78, 5) is 4.10. The second kappa shape index (κ2) is 4.02. The highest BCUT2D eigenvalue weighted by Crippen LogP contribution is 2.27. The topological polar surface area (TPSA) is 108 Å². The SMILES string of the molecule is CC(Nc1cc2[nH]ncc2cc1N)c1ncn[nH]1. The molecule has 0 saturated carbocycles. The van der Waals surface area contributed by atoms with Crippen molar-refractivity contribution < 1.29 is 0 Å². The van der Waals surface area contributed by atoms with Gasteiger partial charge in [-0.2, -0.15) is 10.2 Å². The van der Waals surface area contributed by atoms with Gasteiger partial charge in [-0.3, -0.25) is 10.2 Å². The lowest BCUT2D eigenvalue weighted by Crippen LogP contribution is -2.10. The minimum absolute atomic E-state index is 0.00447. The van der Waals surface area contributed by atoms with Gasteiger partial charge in [-0.05, 0) is 19.1 Å². The van der Waals surface area contributed by atoms with Crippen LogP contribution in [0.1, 0.15) is 18.8 Å². The van der Waals surface area contributed by atoms with Crippen LogP contribution in [0.25, 0.3) is 10.9 Å². The van der Waals surface area contributed by atoms with Crippen LogP contribution in [0, 0.1) is 0 Å². The molecule has 0 saturated heterocycles. The Morgan fingerprint density at radius 2 is 2.17 bits per heavy atom. The largest absolute Gasteiger partial charge is 0.397 e. The van der Waals surface area contributed by atoms with Crippen molar-refractivity contribution in [1.29, 1.82) is 0 Å². The smallest absolute Gasteiger partial charge is 0.146 e. The number of nitrogens with zero attached hydrogens (tertiary/aromatic N) is 3. The van der Waals surface area contributed by atoms with Crippen LogP contribution in [-0.4, -0.2) is 25.4 Å². The zero-order chi connectivity index (χ0) is 12.5. The van der Waals surface area contributed by atoms with Crippen LogP contribution in [0.5, 0.6) is 0 Å². The minimum atomic E-state index is -0.00447. The van der Waals surface area contributed by atoms with Crippen LogP contribution in [0.2, 0.25) is 0 Å². The Bertz CT molecular complexity index is 655. The number of benzene rings is 1. The number of hydrogen-bond acceptors (Lipinski definition) is 5. The first-order valence-corrected chi connectivity index (χ1v) is 5.58. The molecule has 2 aromatic heterocycles. The Labute approximate surface area is 103 Å². The van der Waals surface area contributed by atoms with Gasteiger partial charge in [-0.1, -0.05) is 0 Å². The third-order valence-electron chi connectivity index (χ3n) is 2.83. The molecule has 0 aliphatic carbocycles. The molecule has 18 heavy (non-hydrogen) atoms. The van der Waals surface area contributed by atoms with E-state index in [1.165, 1.54) is 6.33 Å². The van der Waals surface area contributed by atoms with E-state index in [0.29, 0.717) is 5.69 Å². The molecule has 0 fully saturated rings. The molecular weight excluding hydrogens is 230 g/mol. The summed E-state index contributed by atoms with van der Waals surface area (Å²) in [5.74, 6) is 0.763. The van der Waals surface area contributed by atoms with Crippen molar-refractivity contribution in [3.8, 4) is 0 Å². The Morgan fingerprint density at radius 3 is 2.94 bits per heavy atom. The van der Waals surface area contributed by atoms with Crippen LogP contribution in [0.15, 0.2) is 24.7 Å². The van der Waals surface area contributed by atoms with Gasteiger partial charge in [0.1, 0.15) is 12.2 Å². The summed E-state index contributed by atoms with van der Waals surface area (Å²) in [6, 6.07) is 3.81. The summed E-state index contributed by atoms with van der Waals surface area (Å²) < 4.78 is 0. The first-order chi connectivity index (χ1) is 8.74. The Balaban J connectivity index is 1.92. The first-order valence-electron chi connectivity index (χ1n) is 5.58. The lowest BCUT2D eigenvalue weighted by molar-refractivity contribution is 0.796. The number of hydrogen-bond donors (Lipinski definition) is 4. The fraction of sp³-hybridized carbons (Fsp3) is 0.182. The molecule has 0 spiro atoms. The average Bonchev–Trinajstić information content (AvgIpc) is 2.98. The standard InChI is InChI=1S/C11H13N7/c1-6(11-13-5-15-18-11)16-10-3-9-7(2-8(10)12)4-14-17-9/h2-6,16H,12H2,1H3,(H,14,17)(H,13,15,18). The van der Waals surface area contributed by atoms with Crippen molar-refractivity contribution in [2.45, 2.75) is 13.0 Å². The van der Waals surface area contributed by atoms with E-state index in [2.05, 4.69) is 30.7 Å². The summed E-state index contributed by atoms with van der Waals surface area (Å²) >= 11 is 0. The van der Waals surface area contributed by atoms with Crippen molar-refractivity contribution in [3.05, 3.63) is 30.5 Å². The highest BCUT2D eigenvalue weighted by molar-refractivity contribution is 5.88. The van der Waals surface area contributed by atoms with Crippen LogP contribution in [0.3, 0.4) is 0 Å². The molecule has 0 aliphatic rings. The van der Waals surface area contributed by atoms with E-state index < -0.39 is 0 Å². The molecule has 7 nitrogen and oxygen atoms in total. The lowest BCUT2D eigenvalue weighted by atomic mass is 10.2. The molecule has 1 unspecified atom stereocenters. The molecule has 0 aliphatic heterocycles. The van der Waals surface area contributed by atoms with Gasteiger partial charge in [-0.25, -0.2) is 4.98 Å². The Morgan fingerprint density at radius 1 is 1.28 bits per heavy atom. The summed E-state index contributed by atoms with van der Waals surface area (Å²) in [6.07, 6.45) is 3.23. The number of nitrogens with two attached hydrogens (primary N) is 1. The molecule has 92 valence electrons. The van der Waals surface area contributed by atoms with Crippen LogP contribution < -0.4 is 11.1 Å². The third-order valence-corrected chi connectivity index (χ3v) is 2.83. The van der Waals surface area contributed by atoms with Gasteiger partial charge in [0.25, 0.3) is 0 Å². The van der Waals surface area contributed by atoms with Gasteiger partial charge >= 0.3 is 0 Å². The third kappa shape index (κ3) is 1.75. The van der Waals surface area contributed by atoms with Crippen molar-refractivity contribution >= 4 is 22.3 Å². The molecule has 1 atom stereocenters. The van der Waals surface area contributed by atoms with E-state index in [1.807, 2.05) is 19.1 Å². The van der Waals surface area contributed by atoms with Crippen molar-refractivity contribution in [3.63, 3.8) is 0 Å². The normalized spacial score (nSPS) is 12.7. The number of anilines is 2.